The van der Waals surface area contributed by atoms with Gasteiger partial charge in [0.25, 0.3) is 0 Å². The highest BCUT2D eigenvalue weighted by Gasteiger charge is 2.24. The highest BCUT2D eigenvalue weighted by atomic mass is 16.5. The number of carbonyl (C=O) groups is 2. The average molecular weight is 563 g/mol. The van der Waals surface area contributed by atoms with Gasteiger partial charge in [-0.2, -0.15) is 0 Å². The lowest BCUT2D eigenvalue weighted by atomic mass is 10.1. The minimum absolute atomic E-state index is 0.0306. The number of anilines is 1. The van der Waals surface area contributed by atoms with E-state index in [1.165, 1.54) is 12.8 Å². The molecular formula is C32H42N4O5. The molecule has 0 bridgehead atoms. The van der Waals surface area contributed by atoms with Crippen molar-refractivity contribution in [2.24, 2.45) is 0 Å². The maximum absolute atomic E-state index is 13.8. The first-order valence-electron chi connectivity index (χ1n) is 14.2. The summed E-state index contributed by atoms with van der Waals surface area (Å²) in [5.74, 6) is 2.66. The number of furan rings is 1. The lowest BCUT2D eigenvalue weighted by Crippen LogP contribution is -2.47. The lowest BCUT2D eigenvalue weighted by molar-refractivity contribution is -0.132. The molecule has 3 amide bonds. The molecule has 0 saturated carbocycles. The molecule has 0 radical (unpaired) electrons. The summed E-state index contributed by atoms with van der Waals surface area (Å²) in [7, 11) is 3.21. The molecule has 0 atom stereocenters. The monoisotopic (exact) mass is 562 g/mol. The van der Waals surface area contributed by atoms with Crippen molar-refractivity contribution >= 4 is 17.6 Å². The van der Waals surface area contributed by atoms with Crippen LogP contribution in [0.25, 0.3) is 0 Å². The van der Waals surface area contributed by atoms with Crippen LogP contribution in [0.5, 0.6) is 11.5 Å². The zero-order valence-corrected chi connectivity index (χ0v) is 24.7. The van der Waals surface area contributed by atoms with Crippen LogP contribution in [0.2, 0.25) is 0 Å². The highest BCUT2D eigenvalue weighted by Crippen LogP contribution is 2.28. The molecule has 1 aliphatic rings. The average Bonchev–Trinajstić information content (AvgIpc) is 3.65. The fourth-order valence-electron chi connectivity index (χ4n) is 5.04. The third kappa shape index (κ3) is 8.50. The molecule has 1 N–H and O–H groups in total. The standard InChI is InChI=1S/C32H42N4O5/c1-24-9-5-6-10-28(24)33-32(38)36(20-19-34-16-7-8-17-34)23-31(37)35(22-27-13-11-25(2)41-27)18-15-26-12-14-29(39-3)30(21-26)40-4/h5-6,9-14,21H,7-8,15-20,22-23H2,1-4H3,(H,33,38). The number of para-hydroxylation sites is 1. The predicted molar refractivity (Wildman–Crippen MR) is 160 cm³/mol. The van der Waals surface area contributed by atoms with E-state index in [9.17, 15) is 9.59 Å². The number of ether oxygens (including phenoxy) is 2. The second-order valence-corrected chi connectivity index (χ2v) is 10.5. The smallest absolute Gasteiger partial charge is 0.322 e. The van der Waals surface area contributed by atoms with Crippen molar-refractivity contribution in [2.45, 2.75) is 39.7 Å². The Morgan fingerprint density at radius 3 is 2.37 bits per heavy atom. The molecule has 1 aromatic heterocycles. The van der Waals surface area contributed by atoms with Crippen LogP contribution in [0.15, 0.2) is 59.0 Å². The second kappa shape index (κ2) is 14.6. The number of methoxy groups -OCH3 is 2. The first-order chi connectivity index (χ1) is 19.9. The number of urea groups is 1. The molecule has 1 fully saturated rings. The van der Waals surface area contributed by atoms with E-state index in [1.807, 2.05) is 68.4 Å². The van der Waals surface area contributed by atoms with Gasteiger partial charge in [-0.3, -0.25) is 4.79 Å². The van der Waals surface area contributed by atoms with E-state index < -0.39 is 0 Å². The van der Waals surface area contributed by atoms with Crippen LogP contribution in [-0.2, 0) is 17.8 Å². The molecule has 9 nitrogen and oxygen atoms in total. The molecule has 3 aromatic rings. The Bertz CT molecular complexity index is 1300. The molecule has 4 rings (SSSR count). The Kier molecular flexibility index (Phi) is 10.7. The molecule has 1 aliphatic heterocycles. The van der Waals surface area contributed by atoms with E-state index in [2.05, 4.69) is 10.2 Å². The fourth-order valence-corrected chi connectivity index (χ4v) is 5.04. The molecule has 220 valence electrons. The van der Waals surface area contributed by atoms with Gasteiger partial charge in [-0.1, -0.05) is 24.3 Å². The number of nitrogens with one attached hydrogen (secondary N) is 1. The minimum Gasteiger partial charge on any atom is -0.493 e. The summed E-state index contributed by atoms with van der Waals surface area (Å²) in [6.45, 7) is 7.83. The lowest BCUT2D eigenvalue weighted by Gasteiger charge is -2.29. The Balaban J connectivity index is 1.50. The molecule has 0 aliphatic carbocycles. The number of aryl methyl sites for hydroxylation is 2. The van der Waals surface area contributed by atoms with E-state index in [1.54, 1.807) is 24.0 Å². The molecule has 0 spiro atoms. The number of nitrogens with zero attached hydrogens (tertiary/aromatic N) is 3. The van der Waals surface area contributed by atoms with Gasteiger partial charge in [0.15, 0.2) is 11.5 Å². The third-order valence-electron chi connectivity index (χ3n) is 7.50. The quantitative estimate of drug-likeness (QED) is 0.311. The Labute approximate surface area is 243 Å². The Morgan fingerprint density at radius 1 is 0.927 bits per heavy atom. The summed E-state index contributed by atoms with van der Waals surface area (Å²) < 4.78 is 16.6. The summed E-state index contributed by atoms with van der Waals surface area (Å²) in [5, 5.41) is 3.02. The summed E-state index contributed by atoms with van der Waals surface area (Å²) >= 11 is 0. The van der Waals surface area contributed by atoms with E-state index in [4.69, 9.17) is 13.9 Å². The van der Waals surface area contributed by atoms with Crippen molar-refractivity contribution in [1.82, 2.24) is 14.7 Å². The van der Waals surface area contributed by atoms with Crippen molar-refractivity contribution in [3.05, 3.63) is 77.2 Å². The summed E-state index contributed by atoms with van der Waals surface area (Å²) in [6.07, 6.45) is 2.94. The second-order valence-electron chi connectivity index (χ2n) is 10.5. The van der Waals surface area contributed by atoms with Gasteiger partial charge in [-0.25, -0.2) is 4.79 Å². The van der Waals surface area contributed by atoms with Gasteiger partial charge in [0, 0.05) is 25.3 Å². The van der Waals surface area contributed by atoms with Crippen LogP contribution >= 0.6 is 0 Å². The molecule has 1 saturated heterocycles. The highest BCUT2D eigenvalue weighted by molar-refractivity contribution is 5.93. The van der Waals surface area contributed by atoms with Crippen LogP contribution in [0, 0.1) is 13.8 Å². The normalized spacial score (nSPS) is 13.2. The van der Waals surface area contributed by atoms with Crippen LogP contribution in [0.3, 0.4) is 0 Å². The number of likely N-dealkylation sites (tertiary alicyclic amines) is 1. The molecule has 2 heterocycles. The van der Waals surface area contributed by atoms with E-state index in [0.29, 0.717) is 43.3 Å². The minimum atomic E-state index is -0.277. The summed E-state index contributed by atoms with van der Waals surface area (Å²) in [6, 6.07) is 16.9. The number of hydrogen-bond donors (Lipinski definition) is 1. The van der Waals surface area contributed by atoms with Crippen molar-refractivity contribution < 1.29 is 23.5 Å². The van der Waals surface area contributed by atoms with Crippen LogP contribution in [0.1, 0.15) is 35.5 Å². The van der Waals surface area contributed by atoms with Gasteiger partial charge >= 0.3 is 6.03 Å². The Hall–Kier alpha value is -3.98. The Morgan fingerprint density at radius 2 is 1.68 bits per heavy atom. The summed E-state index contributed by atoms with van der Waals surface area (Å²) in [5.41, 5.74) is 2.73. The van der Waals surface area contributed by atoms with Crippen LogP contribution < -0.4 is 14.8 Å². The SMILES string of the molecule is COc1ccc(CCN(Cc2ccc(C)o2)C(=O)CN(CCN2CCCC2)C(=O)Nc2ccccc2C)cc1OC. The van der Waals surface area contributed by atoms with Crippen molar-refractivity contribution in [2.75, 3.05) is 58.8 Å². The zero-order valence-electron chi connectivity index (χ0n) is 24.7. The number of hydrogen-bond acceptors (Lipinski definition) is 6. The maximum atomic E-state index is 13.8. The van der Waals surface area contributed by atoms with E-state index in [0.717, 1.165) is 42.2 Å². The largest absolute Gasteiger partial charge is 0.493 e. The number of carbonyl (C=O) groups excluding carboxylic acids is 2. The van der Waals surface area contributed by atoms with Crippen molar-refractivity contribution in [3.63, 3.8) is 0 Å². The van der Waals surface area contributed by atoms with Crippen LogP contribution in [-0.4, -0.2) is 80.1 Å². The summed E-state index contributed by atoms with van der Waals surface area (Å²) in [4.78, 5) is 33.1. The molecule has 41 heavy (non-hydrogen) atoms. The van der Waals surface area contributed by atoms with Gasteiger partial charge in [0.1, 0.15) is 18.1 Å². The topological polar surface area (TPSA) is 87.5 Å². The van der Waals surface area contributed by atoms with Gasteiger partial charge in [-0.05, 0) is 87.7 Å². The van der Waals surface area contributed by atoms with Gasteiger partial charge < -0.3 is 33.9 Å². The number of rotatable bonds is 13. The van der Waals surface area contributed by atoms with Gasteiger partial charge in [0.05, 0.1) is 20.8 Å². The predicted octanol–water partition coefficient (Wildman–Crippen LogP) is 5.11. The van der Waals surface area contributed by atoms with Crippen molar-refractivity contribution in [3.8, 4) is 11.5 Å². The fraction of sp³-hybridized carbons (Fsp3) is 0.438. The molecule has 0 unspecified atom stereocenters. The zero-order chi connectivity index (χ0) is 29.2. The van der Waals surface area contributed by atoms with Crippen molar-refractivity contribution in [1.29, 1.82) is 0 Å². The van der Waals surface area contributed by atoms with Gasteiger partial charge in [0.2, 0.25) is 5.91 Å². The van der Waals surface area contributed by atoms with E-state index in [-0.39, 0.29) is 18.5 Å². The molecule has 2 aromatic carbocycles. The number of amides is 3. The van der Waals surface area contributed by atoms with E-state index >= 15 is 0 Å². The van der Waals surface area contributed by atoms with Crippen LogP contribution in [0.4, 0.5) is 10.5 Å². The molecular weight excluding hydrogens is 520 g/mol. The third-order valence-corrected chi connectivity index (χ3v) is 7.50. The maximum Gasteiger partial charge on any atom is 0.322 e. The first kappa shape index (κ1) is 30.0. The number of benzene rings is 2. The molecule has 9 heteroatoms. The van der Waals surface area contributed by atoms with Gasteiger partial charge in [-0.15, -0.1) is 0 Å². The first-order valence-corrected chi connectivity index (χ1v) is 14.2.